The summed E-state index contributed by atoms with van der Waals surface area (Å²) in [5.74, 6) is 7.50. The SMILES string of the molecule is CCCCC1CC=C(c2ccc(C#Cc3ccc(CCC)cc3)cc2)CC1. The van der Waals surface area contributed by atoms with Crippen molar-refractivity contribution in [2.24, 2.45) is 5.92 Å². The molecule has 0 heterocycles. The van der Waals surface area contributed by atoms with E-state index < -0.39 is 0 Å². The Labute approximate surface area is 165 Å². The van der Waals surface area contributed by atoms with Crippen LogP contribution in [-0.2, 0) is 6.42 Å². The summed E-state index contributed by atoms with van der Waals surface area (Å²) in [5, 5.41) is 0. The Kier molecular flexibility index (Phi) is 7.35. The molecule has 0 saturated carbocycles. The highest BCUT2D eigenvalue weighted by Crippen LogP contribution is 2.32. The van der Waals surface area contributed by atoms with E-state index in [-0.39, 0.29) is 0 Å². The molecule has 0 heteroatoms. The number of unbranched alkanes of at least 4 members (excludes halogenated alkanes) is 1. The molecule has 0 amide bonds. The van der Waals surface area contributed by atoms with Gasteiger partial charge in [-0.25, -0.2) is 0 Å². The van der Waals surface area contributed by atoms with Gasteiger partial charge in [-0.2, -0.15) is 0 Å². The molecule has 140 valence electrons. The molecule has 1 aliphatic carbocycles. The number of benzene rings is 2. The Bertz CT molecular complexity index is 794. The smallest absolute Gasteiger partial charge is 0.0249 e. The second-order valence-electron chi connectivity index (χ2n) is 7.79. The van der Waals surface area contributed by atoms with Gasteiger partial charge in [-0.3, -0.25) is 0 Å². The molecule has 2 aromatic rings. The third-order valence-electron chi connectivity index (χ3n) is 5.58. The van der Waals surface area contributed by atoms with Gasteiger partial charge in [-0.1, -0.05) is 81.7 Å². The molecule has 1 unspecified atom stereocenters. The quantitative estimate of drug-likeness (QED) is 0.473. The van der Waals surface area contributed by atoms with Gasteiger partial charge in [0.25, 0.3) is 0 Å². The van der Waals surface area contributed by atoms with Crippen molar-refractivity contribution < 1.29 is 0 Å². The summed E-state index contributed by atoms with van der Waals surface area (Å²) in [5.41, 5.74) is 6.47. The van der Waals surface area contributed by atoms with Gasteiger partial charge in [0.2, 0.25) is 0 Å². The number of aryl methyl sites for hydroxylation is 1. The largest absolute Gasteiger partial charge is 0.0804 e. The monoisotopic (exact) mass is 356 g/mol. The minimum atomic E-state index is 0.905. The highest BCUT2D eigenvalue weighted by molar-refractivity contribution is 5.67. The van der Waals surface area contributed by atoms with Crippen molar-refractivity contribution in [1.82, 2.24) is 0 Å². The molecule has 0 nitrogen and oxygen atoms in total. The van der Waals surface area contributed by atoms with Gasteiger partial charge in [0.15, 0.2) is 0 Å². The van der Waals surface area contributed by atoms with Crippen LogP contribution in [0.25, 0.3) is 5.57 Å². The maximum atomic E-state index is 3.30. The van der Waals surface area contributed by atoms with Crippen LogP contribution in [-0.4, -0.2) is 0 Å². The van der Waals surface area contributed by atoms with Crippen molar-refractivity contribution in [3.05, 3.63) is 76.9 Å². The normalized spacial score (nSPS) is 16.4. The van der Waals surface area contributed by atoms with Gasteiger partial charge >= 0.3 is 0 Å². The van der Waals surface area contributed by atoms with E-state index in [1.54, 1.807) is 0 Å². The molecule has 0 spiro atoms. The van der Waals surface area contributed by atoms with E-state index in [0.717, 1.165) is 23.5 Å². The molecule has 0 saturated heterocycles. The van der Waals surface area contributed by atoms with Crippen molar-refractivity contribution in [3.63, 3.8) is 0 Å². The minimum Gasteiger partial charge on any atom is -0.0804 e. The molecule has 0 aliphatic heterocycles. The van der Waals surface area contributed by atoms with Gasteiger partial charge in [0.1, 0.15) is 0 Å². The van der Waals surface area contributed by atoms with Crippen molar-refractivity contribution >= 4 is 5.57 Å². The molecule has 3 rings (SSSR count). The Morgan fingerprint density at radius 3 is 2.07 bits per heavy atom. The molecule has 2 aromatic carbocycles. The van der Waals surface area contributed by atoms with Crippen LogP contribution in [0.4, 0.5) is 0 Å². The summed E-state index contributed by atoms with van der Waals surface area (Å²) in [7, 11) is 0. The maximum Gasteiger partial charge on any atom is 0.0249 e. The van der Waals surface area contributed by atoms with Gasteiger partial charge in [0, 0.05) is 11.1 Å². The second kappa shape index (κ2) is 10.2. The first-order valence-corrected chi connectivity index (χ1v) is 10.7. The Balaban J connectivity index is 1.60. The zero-order chi connectivity index (χ0) is 18.9. The number of hydrogen-bond acceptors (Lipinski definition) is 0. The summed E-state index contributed by atoms with van der Waals surface area (Å²) in [6.45, 7) is 4.50. The zero-order valence-electron chi connectivity index (χ0n) is 16.9. The van der Waals surface area contributed by atoms with E-state index in [1.165, 1.54) is 61.6 Å². The Morgan fingerprint density at radius 2 is 1.52 bits per heavy atom. The van der Waals surface area contributed by atoms with Crippen molar-refractivity contribution in [2.45, 2.75) is 65.2 Å². The van der Waals surface area contributed by atoms with Crippen LogP contribution in [0.5, 0.6) is 0 Å². The third kappa shape index (κ3) is 5.86. The van der Waals surface area contributed by atoms with E-state index in [1.807, 2.05) is 0 Å². The predicted molar refractivity (Wildman–Crippen MR) is 118 cm³/mol. The summed E-state index contributed by atoms with van der Waals surface area (Å²) in [4.78, 5) is 0. The first-order chi connectivity index (χ1) is 13.3. The van der Waals surface area contributed by atoms with E-state index in [2.05, 4.69) is 80.3 Å². The molecule has 1 aliphatic rings. The maximum absolute atomic E-state index is 3.30. The fraction of sp³-hybridized carbons (Fsp3) is 0.407. The van der Waals surface area contributed by atoms with Crippen LogP contribution in [0, 0.1) is 17.8 Å². The van der Waals surface area contributed by atoms with Crippen molar-refractivity contribution in [2.75, 3.05) is 0 Å². The molecular formula is C27H32. The number of hydrogen-bond donors (Lipinski definition) is 0. The Morgan fingerprint density at radius 1 is 0.852 bits per heavy atom. The second-order valence-corrected chi connectivity index (χ2v) is 7.79. The third-order valence-corrected chi connectivity index (χ3v) is 5.58. The fourth-order valence-electron chi connectivity index (χ4n) is 3.86. The van der Waals surface area contributed by atoms with Crippen LogP contribution >= 0.6 is 0 Å². The fourth-order valence-corrected chi connectivity index (χ4v) is 3.86. The highest BCUT2D eigenvalue weighted by atomic mass is 14.2. The van der Waals surface area contributed by atoms with Crippen LogP contribution < -0.4 is 0 Å². The van der Waals surface area contributed by atoms with Crippen LogP contribution in [0.15, 0.2) is 54.6 Å². The number of allylic oxidation sites excluding steroid dienone is 2. The Hall–Kier alpha value is -2.26. The summed E-state index contributed by atoms with van der Waals surface area (Å²) in [6, 6.07) is 17.5. The molecule has 0 N–H and O–H groups in total. The highest BCUT2D eigenvalue weighted by Gasteiger charge is 2.14. The summed E-state index contributed by atoms with van der Waals surface area (Å²) in [6.07, 6.45) is 12.7. The van der Waals surface area contributed by atoms with Gasteiger partial charge < -0.3 is 0 Å². The topological polar surface area (TPSA) is 0 Å². The summed E-state index contributed by atoms with van der Waals surface area (Å²) < 4.78 is 0. The minimum absolute atomic E-state index is 0.905. The zero-order valence-corrected chi connectivity index (χ0v) is 16.9. The average molecular weight is 357 g/mol. The van der Waals surface area contributed by atoms with Gasteiger partial charge in [0.05, 0.1) is 0 Å². The summed E-state index contributed by atoms with van der Waals surface area (Å²) >= 11 is 0. The van der Waals surface area contributed by atoms with Crippen LogP contribution in [0.2, 0.25) is 0 Å². The lowest BCUT2D eigenvalue weighted by molar-refractivity contribution is 0.434. The van der Waals surface area contributed by atoms with E-state index in [9.17, 15) is 0 Å². The first kappa shape index (κ1) is 19.5. The van der Waals surface area contributed by atoms with Crippen LogP contribution in [0.1, 0.15) is 81.0 Å². The van der Waals surface area contributed by atoms with Gasteiger partial charge in [-0.05, 0) is 72.6 Å². The lowest BCUT2D eigenvalue weighted by Gasteiger charge is -2.22. The first-order valence-electron chi connectivity index (χ1n) is 10.7. The average Bonchev–Trinajstić information content (AvgIpc) is 2.73. The molecule has 0 radical (unpaired) electrons. The van der Waals surface area contributed by atoms with Crippen molar-refractivity contribution in [3.8, 4) is 11.8 Å². The molecular weight excluding hydrogens is 324 g/mol. The molecule has 0 aromatic heterocycles. The predicted octanol–water partition coefficient (Wildman–Crippen LogP) is 7.41. The van der Waals surface area contributed by atoms with E-state index in [4.69, 9.17) is 0 Å². The van der Waals surface area contributed by atoms with E-state index >= 15 is 0 Å². The molecule has 1 atom stereocenters. The van der Waals surface area contributed by atoms with Crippen LogP contribution in [0.3, 0.4) is 0 Å². The lowest BCUT2D eigenvalue weighted by atomic mass is 9.84. The molecule has 27 heavy (non-hydrogen) atoms. The van der Waals surface area contributed by atoms with E-state index in [0.29, 0.717) is 0 Å². The lowest BCUT2D eigenvalue weighted by Crippen LogP contribution is -2.05. The van der Waals surface area contributed by atoms with Crippen molar-refractivity contribution in [1.29, 1.82) is 0 Å². The molecule has 0 bridgehead atoms. The molecule has 0 fully saturated rings. The number of rotatable bonds is 6. The standard InChI is InChI=1S/C27H32/c1-3-5-7-23-14-18-26(19-15-23)27-20-16-25(17-21-27)13-12-24-10-8-22(6-4-2)9-11-24/h8-11,16-18,20-21,23H,3-7,14-15,19H2,1-2H3. The van der Waals surface area contributed by atoms with Gasteiger partial charge in [-0.15, -0.1) is 0 Å².